The highest BCUT2D eigenvalue weighted by Crippen LogP contribution is 2.48. The van der Waals surface area contributed by atoms with Gasteiger partial charge in [0, 0.05) is 17.8 Å². The molecule has 2 aliphatic heterocycles. The first-order valence-corrected chi connectivity index (χ1v) is 11.6. The van der Waals surface area contributed by atoms with Crippen LogP contribution in [0.25, 0.3) is 0 Å². The Labute approximate surface area is 208 Å². The Kier molecular flexibility index (Phi) is 6.03. The minimum atomic E-state index is -0.676. The molecule has 2 heterocycles. The Morgan fingerprint density at radius 2 is 1.66 bits per heavy atom. The summed E-state index contributed by atoms with van der Waals surface area (Å²) in [5, 5.41) is 3.39. The van der Waals surface area contributed by atoms with E-state index in [1.54, 1.807) is 35.2 Å². The average molecular weight is 493 g/mol. The van der Waals surface area contributed by atoms with E-state index in [-0.39, 0.29) is 11.8 Å². The summed E-state index contributed by atoms with van der Waals surface area (Å²) in [6, 6.07) is 16.0. The third kappa shape index (κ3) is 3.86. The van der Waals surface area contributed by atoms with E-state index in [0.717, 1.165) is 17.5 Å². The van der Waals surface area contributed by atoms with Crippen LogP contribution in [0.3, 0.4) is 0 Å². The number of fused-ring (bicyclic) bond motifs is 4. The van der Waals surface area contributed by atoms with Crippen molar-refractivity contribution < 1.29 is 23.8 Å². The number of benzene rings is 3. The second-order valence-electron chi connectivity index (χ2n) is 8.50. The summed E-state index contributed by atoms with van der Waals surface area (Å²) in [7, 11) is 4.59. The van der Waals surface area contributed by atoms with E-state index in [1.807, 2.05) is 18.2 Å². The fourth-order valence-electron chi connectivity index (χ4n) is 5.10. The molecule has 3 aromatic rings. The highest BCUT2D eigenvalue weighted by Gasteiger charge is 2.47. The molecule has 180 valence electrons. The predicted molar refractivity (Wildman–Crippen MR) is 133 cm³/mol. The highest BCUT2D eigenvalue weighted by atomic mass is 35.5. The van der Waals surface area contributed by atoms with Gasteiger partial charge >= 0.3 is 0 Å². The Morgan fingerprint density at radius 1 is 0.943 bits per heavy atom. The lowest BCUT2D eigenvalue weighted by molar-refractivity contribution is -0.119. The van der Waals surface area contributed by atoms with Crippen molar-refractivity contribution in [2.24, 2.45) is 0 Å². The van der Waals surface area contributed by atoms with Crippen LogP contribution in [0, 0.1) is 0 Å². The van der Waals surface area contributed by atoms with Crippen molar-refractivity contribution in [3.05, 3.63) is 81.9 Å². The molecule has 0 bridgehead atoms. The Morgan fingerprint density at radius 3 is 2.37 bits per heavy atom. The number of anilines is 1. The molecule has 0 unspecified atom stereocenters. The molecule has 0 aliphatic carbocycles. The molecule has 35 heavy (non-hydrogen) atoms. The lowest BCUT2D eigenvalue weighted by Gasteiger charge is -2.45. The number of nitrogens with one attached hydrogen (secondary N) is 1. The second kappa shape index (κ2) is 9.15. The van der Waals surface area contributed by atoms with Crippen LogP contribution in [0.4, 0.5) is 5.69 Å². The average Bonchev–Trinajstić information content (AvgIpc) is 2.88. The Balaban J connectivity index is 1.65. The molecule has 7 nitrogen and oxygen atoms in total. The molecule has 3 aromatic carbocycles. The van der Waals surface area contributed by atoms with Crippen LogP contribution in [-0.2, 0) is 11.2 Å². The van der Waals surface area contributed by atoms with Gasteiger partial charge in [-0.25, -0.2) is 0 Å². The fraction of sp³-hybridized carbons (Fsp3) is 0.259. The predicted octanol–water partition coefficient (Wildman–Crippen LogP) is 4.84. The van der Waals surface area contributed by atoms with E-state index in [9.17, 15) is 9.59 Å². The van der Waals surface area contributed by atoms with Crippen molar-refractivity contribution in [1.82, 2.24) is 4.90 Å². The molecule has 0 saturated carbocycles. The second-order valence-corrected chi connectivity index (χ2v) is 8.91. The standard InChI is InChI=1S/C27H25ClN2O5/c1-33-21-9-8-16(12-20(21)28)29-26(31)24-18-13-22(34-2)23(35-3)14-19(18)27(32)30-11-10-15-6-4-5-7-17(15)25(24)30/h4-9,12-14,24-25H,10-11H2,1-3H3,(H,29,31)/t24-,25-/m0/s1. The monoisotopic (exact) mass is 492 g/mol. The van der Waals surface area contributed by atoms with Crippen molar-refractivity contribution >= 4 is 29.1 Å². The highest BCUT2D eigenvalue weighted by molar-refractivity contribution is 6.32. The molecule has 0 spiro atoms. The molecule has 8 heteroatoms. The first-order valence-electron chi connectivity index (χ1n) is 11.3. The molecule has 2 aliphatic rings. The van der Waals surface area contributed by atoms with Gasteiger partial charge < -0.3 is 24.4 Å². The van der Waals surface area contributed by atoms with Gasteiger partial charge in [0.2, 0.25) is 5.91 Å². The molecule has 2 atom stereocenters. The van der Waals surface area contributed by atoms with Gasteiger partial charge in [-0.1, -0.05) is 35.9 Å². The van der Waals surface area contributed by atoms with Gasteiger partial charge in [-0.2, -0.15) is 0 Å². The summed E-state index contributed by atoms with van der Waals surface area (Å²) in [6.45, 7) is 0.520. The van der Waals surface area contributed by atoms with Crippen LogP contribution in [0.15, 0.2) is 54.6 Å². The summed E-state index contributed by atoms with van der Waals surface area (Å²) >= 11 is 6.29. The van der Waals surface area contributed by atoms with Gasteiger partial charge in [0.15, 0.2) is 11.5 Å². The number of methoxy groups -OCH3 is 3. The van der Waals surface area contributed by atoms with Crippen LogP contribution in [0.5, 0.6) is 17.2 Å². The van der Waals surface area contributed by atoms with Crippen molar-refractivity contribution in [2.75, 3.05) is 33.2 Å². The third-order valence-electron chi connectivity index (χ3n) is 6.73. The Bertz CT molecular complexity index is 1320. The van der Waals surface area contributed by atoms with Crippen molar-refractivity contribution in [3.63, 3.8) is 0 Å². The van der Waals surface area contributed by atoms with E-state index < -0.39 is 12.0 Å². The summed E-state index contributed by atoms with van der Waals surface area (Å²) in [6.07, 6.45) is 0.726. The molecule has 1 N–H and O–H groups in total. The van der Waals surface area contributed by atoms with Crippen LogP contribution in [0.2, 0.25) is 5.02 Å². The van der Waals surface area contributed by atoms with E-state index in [2.05, 4.69) is 11.4 Å². The number of carbonyl (C=O) groups is 2. The minimum absolute atomic E-state index is 0.128. The summed E-state index contributed by atoms with van der Waals surface area (Å²) in [5.74, 6) is 0.363. The maximum Gasteiger partial charge on any atom is 0.254 e. The fourth-order valence-corrected chi connectivity index (χ4v) is 5.35. The van der Waals surface area contributed by atoms with Crippen molar-refractivity contribution in [3.8, 4) is 17.2 Å². The molecular weight excluding hydrogens is 468 g/mol. The van der Waals surface area contributed by atoms with Crippen LogP contribution < -0.4 is 19.5 Å². The first kappa shape index (κ1) is 23.1. The SMILES string of the molecule is COc1ccc(NC(=O)[C@H]2c3cc(OC)c(OC)cc3C(=O)N3CCc4ccccc4[C@@H]23)cc1Cl. The van der Waals surface area contributed by atoms with Crippen molar-refractivity contribution in [1.29, 1.82) is 0 Å². The third-order valence-corrected chi connectivity index (χ3v) is 7.03. The maximum absolute atomic E-state index is 13.9. The lowest BCUT2D eigenvalue weighted by Crippen LogP contribution is -2.49. The zero-order chi connectivity index (χ0) is 24.7. The van der Waals surface area contributed by atoms with Crippen LogP contribution in [-0.4, -0.2) is 44.6 Å². The van der Waals surface area contributed by atoms with E-state index in [4.69, 9.17) is 25.8 Å². The van der Waals surface area contributed by atoms with Gasteiger partial charge in [-0.15, -0.1) is 0 Å². The van der Waals surface area contributed by atoms with Gasteiger partial charge in [0.05, 0.1) is 38.3 Å². The van der Waals surface area contributed by atoms with E-state index >= 15 is 0 Å². The molecule has 5 rings (SSSR count). The zero-order valence-electron chi connectivity index (χ0n) is 19.6. The molecule has 2 amide bonds. The molecule has 0 aromatic heterocycles. The smallest absolute Gasteiger partial charge is 0.254 e. The van der Waals surface area contributed by atoms with E-state index in [0.29, 0.717) is 45.6 Å². The summed E-state index contributed by atoms with van der Waals surface area (Å²) < 4.78 is 16.2. The lowest BCUT2D eigenvalue weighted by atomic mass is 9.75. The number of carbonyl (C=O) groups excluding carboxylic acids is 2. The first-order chi connectivity index (χ1) is 17.0. The number of ether oxygens (including phenoxy) is 3. The van der Waals surface area contributed by atoms with Gasteiger partial charge in [-0.05, 0) is 53.4 Å². The molecular formula is C27H25ClN2O5. The van der Waals surface area contributed by atoms with Crippen molar-refractivity contribution in [2.45, 2.75) is 18.4 Å². The molecule has 0 radical (unpaired) electrons. The number of hydrogen-bond acceptors (Lipinski definition) is 5. The topological polar surface area (TPSA) is 77.1 Å². The molecule has 0 fully saturated rings. The van der Waals surface area contributed by atoms with Gasteiger partial charge in [0.1, 0.15) is 5.75 Å². The Hall–Kier alpha value is -3.71. The number of amides is 2. The maximum atomic E-state index is 13.9. The number of halogens is 1. The normalized spacial score (nSPS) is 18.2. The van der Waals surface area contributed by atoms with Crippen LogP contribution >= 0.6 is 11.6 Å². The zero-order valence-corrected chi connectivity index (χ0v) is 20.4. The summed E-state index contributed by atoms with van der Waals surface area (Å²) in [4.78, 5) is 29.4. The van der Waals surface area contributed by atoms with Gasteiger partial charge in [0.25, 0.3) is 5.91 Å². The number of nitrogens with zero attached hydrogens (tertiary/aromatic N) is 1. The number of hydrogen-bond donors (Lipinski definition) is 1. The number of rotatable bonds is 5. The largest absolute Gasteiger partial charge is 0.495 e. The minimum Gasteiger partial charge on any atom is -0.495 e. The molecule has 0 saturated heterocycles. The quantitative estimate of drug-likeness (QED) is 0.551. The van der Waals surface area contributed by atoms with E-state index in [1.165, 1.54) is 21.3 Å². The van der Waals surface area contributed by atoms with Crippen LogP contribution in [0.1, 0.15) is 39.0 Å². The van der Waals surface area contributed by atoms with Gasteiger partial charge in [-0.3, -0.25) is 9.59 Å². The summed E-state index contributed by atoms with van der Waals surface area (Å²) in [5.41, 5.74) is 3.68.